The van der Waals surface area contributed by atoms with Crippen molar-refractivity contribution in [3.8, 4) is 0 Å². The molecule has 1 aliphatic rings. The average molecular weight is 269 g/mol. The Labute approximate surface area is 118 Å². The molecule has 2 aromatic rings. The van der Waals surface area contributed by atoms with Crippen molar-refractivity contribution in [3.05, 3.63) is 42.2 Å². The number of pyridine rings is 1. The van der Waals surface area contributed by atoms with Crippen molar-refractivity contribution in [2.24, 2.45) is 5.73 Å². The molecule has 1 fully saturated rings. The molecule has 0 radical (unpaired) electrons. The number of aromatic nitrogens is 1. The van der Waals surface area contributed by atoms with Crippen LogP contribution in [0.4, 0.5) is 0 Å². The summed E-state index contributed by atoms with van der Waals surface area (Å²) in [6, 6.07) is 7.99. The van der Waals surface area contributed by atoms with Crippen LogP contribution in [0, 0.1) is 0 Å². The highest BCUT2D eigenvalue weighted by Gasteiger charge is 2.40. The minimum absolute atomic E-state index is 0.0823. The number of carbonyl (C=O) groups is 1. The van der Waals surface area contributed by atoms with Crippen molar-refractivity contribution in [1.82, 2.24) is 9.88 Å². The van der Waals surface area contributed by atoms with Crippen LogP contribution in [0.25, 0.3) is 10.8 Å². The zero-order chi connectivity index (χ0) is 14.3. The van der Waals surface area contributed by atoms with E-state index in [9.17, 15) is 4.79 Å². The summed E-state index contributed by atoms with van der Waals surface area (Å²) in [5.41, 5.74) is 7.28. The van der Waals surface area contributed by atoms with Crippen molar-refractivity contribution in [2.45, 2.75) is 38.4 Å². The Morgan fingerprint density at radius 1 is 1.30 bits per heavy atom. The molecular formula is C16H19N3O. The van der Waals surface area contributed by atoms with E-state index in [0.29, 0.717) is 6.42 Å². The fourth-order valence-corrected chi connectivity index (χ4v) is 3.15. The Balaban J connectivity index is 2.16. The summed E-state index contributed by atoms with van der Waals surface area (Å²) < 4.78 is 0. The maximum absolute atomic E-state index is 12.2. The smallest absolute Gasteiger partial charge is 0.225 e. The maximum Gasteiger partial charge on any atom is 0.225 e. The van der Waals surface area contributed by atoms with Crippen LogP contribution in [0.1, 0.15) is 31.9 Å². The number of hydrogen-bond acceptors (Lipinski definition) is 3. The number of carbonyl (C=O) groups excluding carboxylic acids is 1. The fraction of sp³-hybridized carbons (Fsp3) is 0.375. The van der Waals surface area contributed by atoms with Crippen molar-refractivity contribution in [1.29, 1.82) is 0 Å². The van der Waals surface area contributed by atoms with Gasteiger partial charge in [0.05, 0.1) is 6.04 Å². The van der Waals surface area contributed by atoms with Gasteiger partial charge in [-0.15, -0.1) is 0 Å². The minimum Gasteiger partial charge on any atom is -0.332 e. The summed E-state index contributed by atoms with van der Waals surface area (Å²) in [7, 11) is 0. The second-order valence-electron chi connectivity index (χ2n) is 5.66. The molecule has 1 aliphatic heterocycles. The third kappa shape index (κ3) is 1.96. The van der Waals surface area contributed by atoms with E-state index >= 15 is 0 Å². The molecule has 20 heavy (non-hydrogen) atoms. The maximum atomic E-state index is 12.2. The predicted octanol–water partition coefficient (Wildman–Crippen LogP) is 2.24. The SMILES string of the molecule is CC(C)N1C(=O)CC(N)C1c1cncc2ccccc12. The van der Waals surface area contributed by atoms with E-state index in [1.54, 1.807) is 0 Å². The first kappa shape index (κ1) is 13.1. The monoisotopic (exact) mass is 269 g/mol. The minimum atomic E-state index is -0.169. The van der Waals surface area contributed by atoms with Gasteiger partial charge in [0.1, 0.15) is 0 Å². The van der Waals surface area contributed by atoms with Gasteiger partial charge in [-0.1, -0.05) is 24.3 Å². The first-order valence-corrected chi connectivity index (χ1v) is 6.99. The van der Waals surface area contributed by atoms with Crippen LogP contribution in [-0.2, 0) is 4.79 Å². The van der Waals surface area contributed by atoms with E-state index < -0.39 is 0 Å². The molecule has 1 aromatic carbocycles. The van der Waals surface area contributed by atoms with Gasteiger partial charge < -0.3 is 10.6 Å². The largest absolute Gasteiger partial charge is 0.332 e. The lowest BCUT2D eigenvalue weighted by molar-refractivity contribution is -0.130. The molecule has 1 amide bonds. The van der Waals surface area contributed by atoms with Gasteiger partial charge in [0.25, 0.3) is 0 Å². The van der Waals surface area contributed by atoms with Crippen molar-refractivity contribution in [2.75, 3.05) is 0 Å². The molecule has 4 nitrogen and oxygen atoms in total. The molecule has 4 heteroatoms. The number of rotatable bonds is 2. The van der Waals surface area contributed by atoms with Gasteiger partial charge in [0.15, 0.2) is 0 Å². The number of fused-ring (bicyclic) bond motifs is 1. The Hall–Kier alpha value is -1.94. The van der Waals surface area contributed by atoms with Gasteiger partial charge in [-0.05, 0) is 19.2 Å². The number of hydrogen-bond donors (Lipinski definition) is 1. The van der Waals surface area contributed by atoms with E-state index in [2.05, 4.69) is 11.1 Å². The van der Waals surface area contributed by atoms with Crippen LogP contribution in [0.3, 0.4) is 0 Å². The second kappa shape index (κ2) is 4.87. The number of amides is 1. The summed E-state index contributed by atoms with van der Waals surface area (Å²) >= 11 is 0. The molecule has 1 saturated heterocycles. The highest BCUT2D eigenvalue weighted by Crippen LogP contribution is 2.36. The Kier molecular flexibility index (Phi) is 3.18. The van der Waals surface area contributed by atoms with Gasteiger partial charge in [-0.2, -0.15) is 0 Å². The number of nitrogens with two attached hydrogens (primary N) is 1. The lowest BCUT2D eigenvalue weighted by atomic mass is 9.96. The van der Waals surface area contributed by atoms with Gasteiger partial charge in [-0.3, -0.25) is 9.78 Å². The normalized spacial score (nSPS) is 23.0. The molecule has 2 atom stereocenters. The lowest BCUT2D eigenvalue weighted by Crippen LogP contribution is -2.37. The highest BCUT2D eigenvalue weighted by atomic mass is 16.2. The predicted molar refractivity (Wildman–Crippen MR) is 79.1 cm³/mol. The summed E-state index contributed by atoms with van der Waals surface area (Å²) in [5.74, 6) is 0.130. The van der Waals surface area contributed by atoms with Crippen LogP contribution in [0.5, 0.6) is 0 Å². The second-order valence-corrected chi connectivity index (χ2v) is 5.66. The molecular weight excluding hydrogens is 250 g/mol. The van der Waals surface area contributed by atoms with Crippen molar-refractivity contribution >= 4 is 16.7 Å². The number of nitrogens with zero attached hydrogens (tertiary/aromatic N) is 2. The summed E-state index contributed by atoms with van der Waals surface area (Å²) in [5, 5.41) is 2.21. The zero-order valence-electron chi connectivity index (χ0n) is 11.8. The van der Waals surface area contributed by atoms with E-state index in [1.807, 2.05) is 49.3 Å². The van der Waals surface area contributed by atoms with Crippen molar-refractivity contribution in [3.63, 3.8) is 0 Å². The first-order chi connectivity index (χ1) is 9.59. The Bertz CT molecular complexity index is 648. The van der Waals surface area contributed by atoms with Gasteiger partial charge >= 0.3 is 0 Å². The van der Waals surface area contributed by atoms with E-state index in [4.69, 9.17) is 5.73 Å². The van der Waals surface area contributed by atoms with Crippen LogP contribution < -0.4 is 5.73 Å². The summed E-state index contributed by atoms with van der Waals surface area (Å²) in [4.78, 5) is 18.4. The van der Waals surface area contributed by atoms with E-state index in [-0.39, 0.29) is 24.0 Å². The molecule has 104 valence electrons. The molecule has 2 heterocycles. The third-order valence-electron chi connectivity index (χ3n) is 3.98. The van der Waals surface area contributed by atoms with E-state index in [1.165, 1.54) is 0 Å². The van der Waals surface area contributed by atoms with Crippen LogP contribution >= 0.6 is 0 Å². The zero-order valence-corrected chi connectivity index (χ0v) is 11.8. The van der Waals surface area contributed by atoms with Gasteiger partial charge in [-0.25, -0.2) is 0 Å². The highest BCUT2D eigenvalue weighted by molar-refractivity contribution is 5.87. The molecule has 2 unspecified atom stereocenters. The summed E-state index contributed by atoms with van der Waals surface area (Å²) in [6.45, 7) is 4.06. The lowest BCUT2D eigenvalue weighted by Gasteiger charge is -2.31. The average Bonchev–Trinajstić information content (AvgIpc) is 2.73. The molecule has 2 N–H and O–H groups in total. The molecule has 0 aliphatic carbocycles. The quantitative estimate of drug-likeness (QED) is 0.909. The third-order valence-corrected chi connectivity index (χ3v) is 3.98. The van der Waals surface area contributed by atoms with Crippen LogP contribution in [-0.4, -0.2) is 27.9 Å². The summed E-state index contributed by atoms with van der Waals surface area (Å²) in [6.07, 6.45) is 4.10. The number of likely N-dealkylation sites (tertiary alicyclic amines) is 1. The van der Waals surface area contributed by atoms with E-state index in [0.717, 1.165) is 16.3 Å². The molecule has 1 aromatic heterocycles. The van der Waals surface area contributed by atoms with Crippen LogP contribution in [0.15, 0.2) is 36.7 Å². The molecule has 3 rings (SSSR count). The number of benzene rings is 1. The van der Waals surface area contributed by atoms with Crippen LogP contribution in [0.2, 0.25) is 0 Å². The standard InChI is InChI=1S/C16H19N3O/c1-10(2)19-15(20)7-14(17)16(19)13-9-18-8-11-5-3-4-6-12(11)13/h3-6,8-10,14,16H,7,17H2,1-2H3. The topological polar surface area (TPSA) is 59.2 Å². The Morgan fingerprint density at radius 2 is 2.05 bits per heavy atom. The van der Waals surface area contributed by atoms with Gasteiger partial charge in [0.2, 0.25) is 5.91 Å². The molecule has 0 spiro atoms. The fourth-order valence-electron chi connectivity index (χ4n) is 3.15. The first-order valence-electron chi connectivity index (χ1n) is 6.99. The molecule has 0 saturated carbocycles. The Morgan fingerprint density at radius 3 is 2.80 bits per heavy atom. The molecule has 0 bridgehead atoms. The van der Waals surface area contributed by atoms with Crippen molar-refractivity contribution < 1.29 is 4.79 Å². The van der Waals surface area contributed by atoms with Gasteiger partial charge in [0, 0.05) is 41.8 Å².